The summed E-state index contributed by atoms with van der Waals surface area (Å²) in [6.45, 7) is 4.86. The number of nitrogens with two attached hydrogens (primary N) is 1. The van der Waals surface area contributed by atoms with Crippen molar-refractivity contribution in [3.05, 3.63) is 34.3 Å². The van der Waals surface area contributed by atoms with Crippen LogP contribution in [0.2, 0.25) is 0 Å². The molecule has 1 aromatic rings. The van der Waals surface area contributed by atoms with Crippen molar-refractivity contribution in [1.29, 1.82) is 0 Å². The summed E-state index contributed by atoms with van der Waals surface area (Å²) in [4.78, 5) is 13.8. The Balaban J connectivity index is 0.00000361. The summed E-state index contributed by atoms with van der Waals surface area (Å²) in [7, 11) is 1.82. The highest BCUT2D eigenvalue weighted by atomic mass is 79.9. The normalized spacial score (nSPS) is 11.9. The van der Waals surface area contributed by atoms with Crippen LogP contribution >= 0.6 is 28.3 Å². The molecule has 0 fully saturated rings. The monoisotopic (exact) mass is 362 g/mol. The first-order valence-corrected chi connectivity index (χ1v) is 7.44. The molecule has 20 heavy (non-hydrogen) atoms. The topological polar surface area (TPSA) is 46.3 Å². The maximum absolute atomic E-state index is 12.0. The van der Waals surface area contributed by atoms with Crippen molar-refractivity contribution in [2.45, 2.75) is 32.7 Å². The average Bonchev–Trinajstić information content (AvgIpc) is 2.36. The van der Waals surface area contributed by atoms with Gasteiger partial charge in [0.15, 0.2) is 0 Å². The summed E-state index contributed by atoms with van der Waals surface area (Å²) in [5.74, 6) is 0.477. The Kier molecular flexibility index (Phi) is 9.10. The van der Waals surface area contributed by atoms with Crippen molar-refractivity contribution >= 4 is 34.2 Å². The number of hydrogen-bond donors (Lipinski definition) is 1. The van der Waals surface area contributed by atoms with Crippen LogP contribution in [0.1, 0.15) is 25.8 Å². The lowest BCUT2D eigenvalue weighted by Crippen LogP contribution is -2.43. The van der Waals surface area contributed by atoms with Gasteiger partial charge in [-0.05, 0) is 36.5 Å². The van der Waals surface area contributed by atoms with Gasteiger partial charge in [0.05, 0.1) is 6.04 Å². The van der Waals surface area contributed by atoms with Crippen molar-refractivity contribution < 1.29 is 4.79 Å². The molecule has 0 saturated heterocycles. The van der Waals surface area contributed by atoms with Crippen LogP contribution < -0.4 is 5.73 Å². The number of likely N-dealkylation sites (N-methyl/N-ethyl adjacent to an activating group) is 1. The Bertz CT molecular complexity index is 409. The second-order valence-corrected chi connectivity index (χ2v) is 6.29. The molecular weight excluding hydrogens is 340 g/mol. The van der Waals surface area contributed by atoms with Gasteiger partial charge in [-0.2, -0.15) is 0 Å². The number of halogens is 2. The Labute approximate surface area is 136 Å². The molecule has 5 heteroatoms. The van der Waals surface area contributed by atoms with Crippen LogP contribution in [0.3, 0.4) is 0 Å². The molecule has 0 aliphatic carbocycles. The molecular formula is C15H24BrClN2O. The van der Waals surface area contributed by atoms with Crippen LogP contribution in [0, 0.1) is 5.92 Å². The molecule has 0 saturated carbocycles. The van der Waals surface area contributed by atoms with E-state index in [0.29, 0.717) is 12.5 Å². The molecule has 0 spiro atoms. The van der Waals surface area contributed by atoms with E-state index in [9.17, 15) is 4.79 Å². The van der Waals surface area contributed by atoms with E-state index in [1.165, 1.54) is 5.56 Å². The zero-order valence-corrected chi connectivity index (χ0v) is 14.7. The van der Waals surface area contributed by atoms with E-state index in [2.05, 4.69) is 41.9 Å². The van der Waals surface area contributed by atoms with Gasteiger partial charge >= 0.3 is 0 Å². The van der Waals surface area contributed by atoms with E-state index >= 15 is 0 Å². The van der Waals surface area contributed by atoms with Crippen LogP contribution in [-0.4, -0.2) is 30.4 Å². The fourth-order valence-corrected chi connectivity index (χ4v) is 2.21. The fourth-order valence-electron chi connectivity index (χ4n) is 1.95. The maximum Gasteiger partial charge on any atom is 0.239 e. The minimum Gasteiger partial charge on any atom is -0.344 e. The smallest absolute Gasteiger partial charge is 0.239 e. The van der Waals surface area contributed by atoms with Crippen LogP contribution in [-0.2, 0) is 11.2 Å². The van der Waals surface area contributed by atoms with Crippen LogP contribution in [0.4, 0.5) is 0 Å². The number of rotatable bonds is 6. The zero-order chi connectivity index (χ0) is 14.4. The number of carbonyl (C=O) groups is 1. The van der Waals surface area contributed by atoms with Gasteiger partial charge in [0, 0.05) is 18.1 Å². The Morgan fingerprint density at radius 3 is 2.35 bits per heavy atom. The highest BCUT2D eigenvalue weighted by Gasteiger charge is 2.18. The molecule has 0 unspecified atom stereocenters. The fraction of sp³-hybridized carbons (Fsp3) is 0.533. The Hall–Kier alpha value is -0.580. The molecule has 0 aliphatic rings. The maximum atomic E-state index is 12.0. The Morgan fingerprint density at radius 1 is 1.30 bits per heavy atom. The van der Waals surface area contributed by atoms with Crippen LogP contribution in [0.25, 0.3) is 0 Å². The number of nitrogens with zero attached hydrogens (tertiary/aromatic N) is 1. The highest BCUT2D eigenvalue weighted by Crippen LogP contribution is 2.11. The van der Waals surface area contributed by atoms with Crippen molar-refractivity contribution in [3.63, 3.8) is 0 Å². The molecule has 0 heterocycles. The number of hydrogen-bond acceptors (Lipinski definition) is 2. The first kappa shape index (κ1) is 19.4. The SMILES string of the molecule is CC(C)C[C@H](N)C(=O)N(C)CCc1ccc(Br)cc1.Cl. The zero-order valence-electron chi connectivity index (χ0n) is 12.3. The number of amides is 1. The summed E-state index contributed by atoms with van der Waals surface area (Å²) in [6, 6.07) is 7.78. The second-order valence-electron chi connectivity index (χ2n) is 5.37. The largest absolute Gasteiger partial charge is 0.344 e. The minimum atomic E-state index is -0.380. The first-order valence-electron chi connectivity index (χ1n) is 6.65. The van der Waals surface area contributed by atoms with Crippen molar-refractivity contribution in [3.8, 4) is 0 Å². The molecule has 0 aromatic heterocycles. The van der Waals surface area contributed by atoms with E-state index in [4.69, 9.17) is 5.73 Å². The van der Waals surface area contributed by atoms with Crippen LogP contribution in [0.5, 0.6) is 0 Å². The number of benzene rings is 1. The molecule has 3 nitrogen and oxygen atoms in total. The summed E-state index contributed by atoms with van der Waals surface area (Å²) in [5, 5.41) is 0. The third-order valence-electron chi connectivity index (χ3n) is 3.07. The van der Waals surface area contributed by atoms with Gasteiger partial charge in [-0.25, -0.2) is 0 Å². The molecule has 0 radical (unpaired) electrons. The van der Waals surface area contributed by atoms with Crippen molar-refractivity contribution in [2.75, 3.05) is 13.6 Å². The lowest BCUT2D eigenvalue weighted by molar-refractivity contribution is -0.131. The van der Waals surface area contributed by atoms with Gasteiger partial charge in [0.1, 0.15) is 0 Å². The molecule has 114 valence electrons. The lowest BCUT2D eigenvalue weighted by atomic mass is 10.0. The van der Waals surface area contributed by atoms with Gasteiger partial charge in [-0.3, -0.25) is 4.79 Å². The quantitative estimate of drug-likeness (QED) is 0.843. The van der Waals surface area contributed by atoms with E-state index in [-0.39, 0.29) is 24.4 Å². The van der Waals surface area contributed by atoms with Gasteiger partial charge in [-0.1, -0.05) is 41.9 Å². The molecule has 1 aromatic carbocycles. The molecule has 1 atom stereocenters. The van der Waals surface area contributed by atoms with E-state index in [1.807, 2.05) is 19.2 Å². The van der Waals surface area contributed by atoms with Gasteiger partial charge < -0.3 is 10.6 Å². The van der Waals surface area contributed by atoms with Gasteiger partial charge in [-0.15, -0.1) is 12.4 Å². The van der Waals surface area contributed by atoms with Crippen molar-refractivity contribution in [2.24, 2.45) is 11.7 Å². The van der Waals surface area contributed by atoms with Gasteiger partial charge in [0.2, 0.25) is 5.91 Å². The second kappa shape index (κ2) is 9.37. The molecule has 1 rings (SSSR count). The van der Waals surface area contributed by atoms with E-state index < -0.39 is 0 Å². The van der Waals surface area contributed by atoms with Crippen molar-refractivity contribution in [1.82, 2.24) is 4.90 Å². The Morgan fingerprint density at radius 2 is 1.85 bits per heavy atom. The average molecular weight is 364 g/mol. The van der Waals surface area contributed by atoms with E-state index in [0.717, 1.165) is 17.3 Å². The van der Waals surface area contributed by atoms with E-state index in [1.54, 1.807) is 4.90 Å². The first-order chi connectivity index (χ1) is 8.90. The highest BCUT2D eigenvalue weighted by molar-refractivity contribution is 9.10. The lowest BCUT2D eigenvalue weighted by Gasteiger charge is -2.22. The number of carbonyl (C=O) groups excluding carboxylic acids is 1. The molecule has 2 N–H and O–H groups in total. The summed E-state index contributed by atoms with van der Waals surface area (Å²) >= 11 is 3.41. The molecule has 0 bridgehead atoms. The standard InChI is InChI=1S/C15H23BrN2O.ClH/c1-11(2)10-14(17)15(19)18(3)9-8-12-4-6-13(16)7-5-12;/h4-7,11,14H,8-10,17H2,1-3H3;1H/t14-;/m0./s1. The van der Waals surface area contributed by atoms with Gasteiger partial charge in [0.25, 0.3) is 0 Å². The third kappa shape index (κ3) is 6.73. The predicted octanol–water partition coefficient (Wildman–Crippen LogP) is 3.25. The summed E-state index contributed by atoms with van der Waals surface area (Å²) in [5.41, 5.74) is 7.13. The predicted molar refractivity (Wildman–Crippen MR) is 90.2 cm³/mol. The third-order valence-corrected chi connectivity index (χ3v) is 3.60. The summed E-state index contributed by atoms with van der Waals surface area (Å²) < 4.78 is 1.07. The molecule has 1 amide bonds. The minimum absolute atomic E-state index is 0. The molecule has 0 aliphatic heterocycles. The van der Waals surface area contributed by atoms with Crippen LogP contribution in [0.15, 0.2) is 28.7 Å². The summed E-state index contributed by atoms with van der Waals surface area (Å²) in [6.07, 6.45) is 1.59.